The lowest BCUT2D eigenvalue weighted by Gasteiger charge is -2.08. The van der Waals surface area contributed by atoms with Crippen molar-refractivity contribution >= 4 is 17.8 Å². The van der Waals surface area contributed by atoms with Crippen LogP contribution in [0.4, 0.5) is 5.95 Å². The normalized spacial score (nSPS) is 10.1. The first-order chi connectivity index (χ1) is 11.6. The lowest BCUT2D eigenvalue weighted by Crippen LogP contribution is -2.31. The molecule has 2 amide bonds. The van der Waals surface area contributed by atoms with Crippen molar-refractivity contribution in [2.24, 2.45) is 0 Å². The standard InChI is InChI=1S/C16H20N6O2/c1-11-8-13(22-16(17-2)21-11)15(24)19-7-5-14(23)20-10-12-4-3-6-18-9-12/h3-4,6,8-9H,5,7,10H2,1-2H3,(H,19,24)(H,20,23)(H,17,21,22). The van der Waals surface area contributed by atoms with Gasteiger partial charge < -0.3 is 16.0 Å². The van der Waals surface area contributed by atoms with Gasteiger partial charge >= 0.3 is 0 Å². The van der Waals surface area contributed by atoms with Crippen molar-refractivity contribution in [1.82, 2.24) is 25.6 Å². The van der Waals surface area contributed by atoms with Gasteiger partial charge in [-0.05, 0) is 24.6 Å². The van der Waals surface area contributed by atoms with Crippen LogP contribution in [-0.2, 0) is 11.3 Å². The van der Waals surface area contributed by atoms with Gasteiger partial charge in [0.15, 0.2) is 0 Å². The summed E-state index contributed by atoms with van der Waals surface area (Å²) in [5.41, 5.74) is 1.88. The van der Waals surface area contributed by atoms with Crippen LogP contribution >= 0.6 is 0 Å². The Morgan fingerprint density at radius 3 is 2.75 bits per heavy atom. The number of aromatic nitrogens is 3. The summed E-state index contributed by atoms with van der Waals surface area (Å²) in [6.45, 7) is 2.43. The maximum absolute atomic E-state index is 12.1. The number of hydrogen-bond donors (Lipinski definition) is 3. The zero-order chi connectivity index (χ0) is 17.4. The summed E-state index contributed by atoms with van der Waals surface area (Å²) >= 11 is 0. The lowest BCUT2D eigenvalue weighted by molar-refractivity contribution is -0.121. The number of aryl methyl sites for hydroxylation is 1. The molecule has 0 radical (unpaired) electrons. The predicted octanol–water partition coefficient (Wildman–Crippen LogP) is 0.658. The van der Waals surface area contributed by atoms with Crippen LogP contribution in [0.1, 0.15) is 28.2 Å². The van der Waals surface area contributed by atoms with Crippen LogP contribution in [0.25, 0.3) is 0 Å². The number of hydrogen-bond acceptors (Lipinski definition) is 6. The van der Waals surface area contributed by atoms with Gasteiger partial charge in [0.1, 0.15) is 5.69 Å². The molecule has 0 fully saturated rings. The SMILES string of the molecule is CNc1nc(C)cc(C(=O)NCCC(=O)NCc2cccnc2)n1. The fourth-order valence-corrected chi connectivity index (χ4v) is 1.97. The molecule has 2 rings (SSSR count). The van der Waals surface area contributed by atoms with Crippen LogP contribution in [0, 0.1) is 6.92 Å². The molecule has 0 aliphatic rings. The summed E-state index contributed by atoms with van der Waals surface area (Å²) in [7, 11) is 1.68. The molecule has 2 aromatic heterocycles. The van der Waals surface area contributed by atoms with Gasteiger partial charge in [-0.2, -0.15) is 0 Å². The topological polar surface area (TPSA) is 109 Å². The third kappa shape index (κ3) is 5.31. The van der Waals surface area contributed by atoms with Gasteiger partial charge in [-0.1, -0.05) is 6.07 Å². The largest absolute Gasteiger partial charge is 0.357 e. The molecular weight excluding hydrogens is 308 g/mol. The number of carbonyl (C=O) groups is 2. The van der Waals surface area contributed by atoms with E-state index in [0.29, 0.717) is 18.2 Å². The monoisotopic (exact) mass is 328 g/mol. The van der Waals surface area contributed by atoms with Crippen molar-refractivity contribution in [2.45, 2.75) is 19.9 Å². The fraction of sp³-hybridized carbons (Fsp3) is 0.312. The summed E-state index contributed by atoms with van der Waals surface area (Å²) in [5, 5.41) is 8.25. The Kier molecular flexibility index (Phi) is 6.18. The predicted molar refractivity (Wildman–Crippen MR) is 89.3 cm³/mol. The molecule has 2 heterocycles. The number of pyridine rings is 1. The molecule has 24 heavy (non-hydrogen) atoms. The van der Waals surface area contributed by atoms with Crippen LogP contribution < -0.4 is 16.0 Å². The Morgan fingerprint density at radius 1 is 1.21 bits per heavy atom. The van der Waals surface area contributed by atoms with Gasteiger partial charge in [-0.3, -0.25) is 14.6 Å². The van der Waals surface area contributed by atoms with Crippen molar-refractivity contribution in [3.05, 3.63) is 47.5 Å². The highest BCUT2D eigenvalue weighted by Gasteiger charge is 2.10. The van der Waals surface area contributed by atoms with E-state index in [9.17, 15) is 9.59 Å². The second-order valence-corrected chi connectivity index (χ2v) is 5.11. The van der Waals surface area contributed by atoms with E-state index in [0.717, 1.165) is 5.56 Å². The summed E-state index contributed by atoms with van der Waals surface area (Å²) in [6.07, 6.45) is 3.56. The van der Waals surface area contributed by atoms with Crippen LogP contribution in [0.3, 0.4) is 0 Å². The van der Waals surface area contributed by atoms with Crippen molar-refractivity contribution < 1.29 is 9.59 Å². The van der Waals surface area contributed by atoms with Crippen LogP contribution in [-0.4, -0.2) is 40.4 Å². The van der Waals surface area contributed by atoms with Gasteiger partial charge in [0.05, 0.1) is 0 Å². The van der Waals surface area contributed by atoms with Crippen molar-refractivity contribution in [3.8, 4) is 0 Å². The average molecular weight is 328 g/mol. The first-order valence-corrected chi connectivity index (χ1v) is 7.55. The summed E-state index contributed by atoms with van der Waals surface area (Å²) in [5.74, 6) is -0.0969. The van der Waals surface area contributed by atoms with E-state index in [4.69, 9.17) is 0 Å². The second-order valence-electron chi connectivity index (χ2n) is 5.11. The molecule has 3 N–H and O–H groups in total. The van der Waals surface area contributed by atoms with Gasteiger partial charge in [-0.25, -0.2) is 9.97 Å². The number of rotatable bonds is 7. The van der Waals surface area contributed by atoms with Gasteiger partial charge in [0, 0.05) is 44.6 Å². The minimum absolute atomic E-state index is 0.145. The summed E-state index contributed by atoms with van der Waals surface area (Å²) < 4.78 is 0. The lowest BCUT2D eigenvalue weighted by atomic mass is 10.3. The van der Waals surface area contributed by atoms with Crippen LogP contribution in [0.15, 0.2) is 30.6 Å². The molecule has 0 saturated carbocycles. The maximum Gasteiger partial charge on any atom is 0.270 e. The number of carbonyl (C=O) groups excluding carboxylic acids is 2. The van der Waals surface area contributed by atoms with Crippen molar-refractivity contribution in [2.75, 3.05) is 18.9 Å². The molecule has 0 aliphatic carbocycles. The van der Waals surface area contributed by atoms with E-state index in [2.05, 4.69) is 30.9 Å². The van der Waals surface area contributed by atoms with Gasteiger partial charge in [0.25, 0.3) is 5.91 Å². The van der Waals surface area contributed by atoms with Crippen LogP contribution in [0.2, 0.25) is 0 Å². The maximum atomic E-state index is 12.1. The molecule has 2 aromatic rings. The summed E-state index contributed by atoms with van der Waals surface area (Å²) in [6, 6.07) is 5.29. The fourth-order valence-electron chi connectivity index (χ4n) is 1.97. The second kappa shape index (κ2) is 8.56. The van der Waals surface area contributed by atoms with Crippen molar-refractivity contribution in [3.63, 3.8) is 0 Å². The van der Waals surface area contributed by atoms with E-state index < -0.39 is 0 Å². The minimum Gasteiger partial charge on any atom is -0.357 e. The third-order valence-electron chi connectivity index (χ3n) is 3.16. The van der Waals surface area contributed by atoms with E-state index >= 15 is 0 Å². The zero-order valence-electron chi connectivity index (χ0n) is 13.7. The zero-order valence-corrected chi connectivity index (χ0v) is 13.7. The molecule has 0 bridgehead atoms. The van der Waals surface area contributed by atoms with E-state index in [1.807, 2.05) is 12.1 Å². The molecule has 0 atom stereocenters. The number of nitrogens with one attached hydrogen (secondary N) is 3. The van der Waals surface area contributed by atoms with E-state index in [1.54, 1.807) is 32.4 Å². The molecular formula is C16H20N6O2. The van der Waals surface area contributed by atoms with Crippen LogP contribution in [0.5, 0.6) is 0 Å². The quantitative estimate of drug-likeness (QED) is 0.689. The summed E-state index contributed by atoms with van der Waals surface area (Å²) in [4.78, 5) is 36.0. The minimum atomic E-state index is -0.336. The Morgan fingerprint density at radius 2 is 2.04 bits per heavy atom. The first kappa shape index (κ1) is 17.3. The molecule has 0 aromatic carbocycles. The molecule has 8 heteroatoms. The van der Waals surface area contributed by atoms with Crippen molar-refractivity contribution in [1.29, 1.82) is 0 Å². The highest BCUT2D eigenvalue weighted by Crippen LogP contribution is 2.04. The molecule has 0 saturated heterocycles. The van der Waals surface area contributed by atoms with E-state index in [-0.39, 0.29) is 30.5 Å². The molecule has 126 valence electrons. The number of nitrogens with zero attached hydrogens (tertiary/aromatic N) is 3. The highest BCUT2D eigenvalue weighted by atomic mass is 16.2. The average Bonchev–Trinajstić information content (AvgIpc) is 2.60. The molecule has 0 aliphatic heterocycles. The van der Waals surface area contributed by atoms with Gasteiger partial charge in [-0.15, -0.1) is 0 Å². The van der Waals surface area contributed by atoms with E-state index in [1.165, 1.54) is 0 Å². The highest BCUT2D eigenvalue weighted by molar-refractivity contribution is 5.92. The molecule has 0 spiro atoms. The van der Waals surface area contributed by atoms with Gasteiger partial charge in [0.2, 0.25) is 11.9 Å². The molecule has 0 unspecified atom stereocenters. The smallest absolute Gasteiger partial charge is 0.270 e. The number of anilines is 1. The Bertz CT molecular complexity index is 705. The Hall–Kier alpha value is -3.03. The Balaban J connectivity index is 1.76. The number of amides is 2. The molecule has 8 nitrogen and oxygen atoms in total. The third-order valence-corrected chi connectivity index (χ3v) is 3.16. The Labute approximate surface area is 140 Å². The first-order valence-electron chi connectivity index (χ1n) is 7.55.